The van der Waals surface area contributed by atoms with E-state index in [9.17, 15) is 5.11 Å². The van der Waals surface area contributed by atoms with Crippen LogP contribution < -0.4 is 0 Å². The molecule has 0 aliphatic rings. The van der Waals surface area contributed by atoms with Crippen molar-refractivity contribution in [2.75, 3.05) is 0 Å². The Labute approximate surface area is 72.5 Å². The summed E-state index contributed by atoms with van der Waals surface area (Å²) in [5, 5.41) is 9.66. The number of hydrogen-bond acceptors (Lipinski definition) is 2. The topological polar surface area (TPSA) is 33.4 Å². The predicted octanol–water partition coefficient (Wildman–Crippen LogP) is 2.53. The quantitative estimate of drug-likeness (QED) is 0.700. The van der Waals surface area contributed by atoms with Gasteiger partial charge in [0, 0.05) is 5.92 Å². The Morgan fingerprint density at radius 2 is 2.33 bits per heavy atom. The molecule has 0 saturated heterocycles. The number of rotatable bonds is 3. The third-order valence-electron chi connectivity index (χ3n) is 1.83. The van der Waals surface area contributed by atoms with Crippen molar-refractivity contribution in [3.8, 4) is 0 Å². The molecule has 0 bridgehead atoms. The second-order valence-corrected chi connectivity index (χ2v) is 2.85. The van der Waals surface area contributed by atoms with Crippen LogP contribution in [0.4, 0.5) is 0 Å². The van der Waals surface area contributed by atoms with Crippen molar-refractivity contribution in [1.82, 2.24) is 0 Å². The molecule has 1 aromatic heterocycles. The van der Waals surface area contributed by atoms with Gasteiger partial charge in [0.1, 0.15) is 11.9 Å². The molecule has 1 aromatic rings. The molecule has 12 heavy (non-hydrogen) atoms. The number of hydrogen-bond donors (Lipinski definition) is 1. The maximum Gasteiger partial charge on any atom is 0.132 e. The van der Waals surface area contributed by atoms with Crippen LogP contribution in [0.25, 0.3) is 0 Å². The van der Waals surface area contributed by atoms with Gasteiger partial charge in [-0.15, -0.1) is 0 Å². The summed E-state index contributed by atoms with van der Waals surface area (Å²) in [4.78, 5) is 0. The standard InChI is InChI=1S/C10H14O2/c1-3-5-8(2)10(11)9-6-4-7-12-9/h3-8,10-11H,1-2H3/b5-3+/t8-,10+/m1/s1. The predicted molar refractivity (Wildman–Crippen MR) is 47.6 cm³/mol. The molecule has 2 heteroatoms. The fraction of sp³-hybridized carbons (Fsp3) is 0.400. The fourth-order valence-corrected chi connectivity index (χ4v) is 1.13. The van der Waals surface area contributed by atoms with Gasteiger partial charge in [0.25, 0.3) is 0 Å². The second kappa shape index (κ2) is 4.12. The Morgan fingerprint density at radius 1 is 1.58 bits per heavy atom. The van der Waals surface area contributed by atoms with Crippen LogP contribution in [0.15, 0.2) is 35.0 Å². The molecular formula is C10H14O2. The van der Waals surface area contributed by atoms with Crippen molar-refractivity contribution in [3.63, 3.8) is 0 Å². The molecule has 1 N–H and O–H groups in total. The van der Waals surface area contributed by atoms with Gasteiger partial charge in [-0.25, -0.2) is 0 Å². The second-order valence-electron chi connectivity index (χ2n) is 2.85. The summed E-state index contributed by atoms with van der Waals surface area (Å²) in [6, 6.07) is 3.56. The van der Waals surface area contributed by atoms with Gasteiger partial charge in [-0.1, -0.05) is 19.1 Å². The molecule has 0 aromatic carbocycles. The molecule has 0 radical (unpaired) electrons. The average Bonchev–Trinajstić information content (AvgIpc) is 2.55. The van der Waals surface area contributed by atoms with E-state index in [1.54, 1.807) is 18.4 Å². The van der Waals surface area contributed by atoms with E-state index in [2.05, 4.69) is 0 Å². The summed E-state index contributed by atoms with van der Waals surface area (Å²) in [6.45, 7) is 3.89. The highest BCUT2D eigenvalue weighted by atomic mass is 16.4. The highest BCUT2D eigenvalue weighted by Gasteiger charge is 2.15. The van der Waals surface area contributed by atoms with Crippen molar-refractivity contribution in [2.24, 2.45) is 5.92 Å². The smallest absolute Gasteiger partial charge is 0.132 e. The molecule has 0 spiro atoms. The third kappa shape index (κ3) is 1.98. The summed E-state index contributed by atoms with van der Waals surface area (Å²) in [5.74, 6) is 0.724. The molecule has 2 atom stereocenters. The van der Waals surface area contributed by atoms with Gasteiger partial charge in [0.15, 0.2) is 0 Å². The first kappa shape index (κ1) is 9.07. The molecule has 2 nitrogen and oxygen atoms in total. The zero-order valence-electron chi connectivity index (χ0n) is 7.40. The Balaban J connectivity index is 2.65. The minimum absolute atomic E-state index is 0.0983. The van der Waals surface area contributed by atoms with Crippen molar-refractivity contribution < 1.29 is 9.52 Å². The van der Waals surface area contributed by atoms with Crippen LogP contribution in [0.1, 0.15) is 25.7 Å². The zero-order valence-corrected chi connectivity index (χ0v) is 7.40. The van der Waals surface area contributed by atoms with E-state index in [0.29, 0.717) is 5.76 Å². The molecule has 1 rings (SSSR count). The average molecular weight is 166 g/mol. The molecule has 0 unspecified atom stereocenters. The Morgan fingerprint density at radius 3 is 2.83 bits per heavy atom. The minimum Gasteiger partial charge on any atom is -0.467 e. The summed E-state index contributed by atoms with van der Waals surface area (Å²) in [6.07, 6.45) is 4.92. The maximum absolute atomic E-state index is 9.66. The van der Waals surface area contributed by atoms with Gasteiger partial charge in [-0.05, 0) is 19.1 Å². The van der Waals surface area contributed by atoms with Crippen LogP contribution in [0.2, 0.25) is 0 Å². The van der Waals surface area contributed by atoms with Gasteiger partial charge in [-0.3, -0.25) is 0 Å². The summed E-state index contributed by atoms with van der Waals surface area (Å²) in [7, 11) is 0. The van der Waals surface area contributed by atoms with E-state index in [4.69, 9.17) is 4.42 Å². The summed E-state index contributed by atoms with van der Waals surface area (Å²) >= 11 is 0. The largest absolute Gasteiger partial charge is 0.467 e. The lowest BCUT2D eigenvalue weighted by Gasteiger charge is -2.11. The van der Waals surface area contributed by atoms with Gasteiger partial charge in [-0.2, -0.15) is 0 Å². The van der Waals surface area contributed by atoms with E-state index >= 15 is 0 Å². The lowest BCUT2D eigenvalue weighted by Crippen LogP contribution is -2.05. The van der Waals surface area contributed by atoms with Crippen LogP contribution in [0.3, 0.4) is 0 Å². The first-order valence-electron chi connectivity index (χ1n) is 4.10. The highest BCUT2D eigenvalue weighted by Crippen LogP contribution is 2.22. The first-order valence-corrected chi connectivity index (χ1v) is 4.10. The van der Waals surface area contributed by atoms with Gasteiger partial charge < -0.3 is 9.52 Å². The molecule has 1 heterocycles. The normalized spacial score (nSPS) is 16.6. The monoisotopic (exact) mass is 166 g/mol. The van der Waals surface area contributed by atoms with Crippen molar-refractivity contribution in [1.29, 1.82) is 0 Å². The third-order valence-corrected chi connectivity index (χ3v) is 1.83. The van der Waals surface area contributed by atoms with Gasteiger partial charge in [0.2, 0.25) is 0 Å². The molecule has 0 aliphatic carbocycles. The van der Waals surface area contributed by atoms with Crippen LogP contribution in [-0.2, 0) is 0 Å². The zero-order chi connectivity index (χ0) is 8.97. The van der Waals surface area contributed by atoms with Crippen molar-refractivity contribution >= 4 is 0 Å². The Kier molecular flexibility index (Phi) is 3.11. The van der Waals surface area contributed by atoms with Gasteiger partial charge in [0.05, 0.1) is 6.26 Å². The minimum atomic E-state index is -0.531. The van der Waals surface area contributed by atoms with Crippen LogP contribution in [0.5, 0.6) is 0 Å². The molecule has 0 amide bonds. The van der Waals surface area contributed by atoms with E-state index in [0.717, 1.165) is 0 Å². The molecule has 0 fully saturated rings. The van der Waals surface area contributed by atoms with Crippen LogP contribution in [0, 0.1) is 5.92 Å². The molecular weight excluding hydrogens is 152 g/mol. The lowest BCUT2D eigenvalue weighted by molar-refractivity contribution is 0.114. The SMILES string of the molecule is C/C=C/[C@@H](C)[C@H](O)c1ccco1. The van der Waals surface area contributed by atoms with Crippen molar-refractivity contribution in [2.45, 2.75) is 20.0 Å². The number of aliphatic hydroxyl groups excluding tert-OH is 1. The Bertz CT molecular complexity index is 236. The van der Waals surface area contributed by atoms with E-state index in [-0.39, 0.29) is 5.92 Å². The number of aliphatic hydroxyl groups is 1. The van der Waals surface area contributed by atoms with E-state index < -0.39 is 6.10 Å². The van der Waals surface area contributed by atoms with Crippen LogP contribution >= 0.6 is 0 Å². The first-order chi connectivity index (χ1) is 5.75. The molecule has 0 saturated carbocycles. The summed E-state index contributed by atoms with van der Waals surface area (Å²) in [5.41, 5.74) is 0. The van der Waals surface area contributed by atoms with E-state index in [1.807, 2.05) is 26.0 Å². The fourth-order valence-electron chi connectivity index (χ4n) is 1.13. The van der Waals surface area contributed by atoms with E-state index in [1.165, 1.54) is 0 Å². The van der Waals surface area contributed by atoms with Crippen LogP contribution in [-0.4, -0.2) is 5.11 Å². The lowest BCUT2D eigenvalue weighted by atomic mass is 10.0. The molecule has 0 aliphatic heterocycles. The summed E-state index contributed by atoms with van der Waals surface area (Å²) < 4.78 is 5.08. The maximum atomic E-state index is 9.66. The number of furan rings is 1. The Hall–Kier alpha value is -1.02. The number of allylic oxidation sites excluding steroid dienone is 1. The highest BCUT2D eigenvalue weighted by molar-refractivity contribution is 5.05. The van der Waals surface area contributed by atoms with Crippen molar-refractivity contribution in [3.05, 3.63) is 36.3 Å². The molecule has 66 valence electrons. The van der Waals surface area contributed by atoms with Gasteiger partial charge >= 0.3 is 0 Å².